The maximum atomic E-state index is 13.4. The number of carbonyl (C=O) groups is 2. The van der Waals surface area contributed by atoms with Gasteiger partial charge in [0, 0.05) is 38.9 Å². The number of benzene rings is 3. The van der Waals surface area contributed by atoms with Crippen LogP contribution >= 0.6 is 23.2 Å². The normalized spacial score (nSPS) is 15.6. The van der Waals surface area contributed by atoms with Gasteiger partial charge in [-0.1, -0.05) is 42.3 Å². The van der Waals surface area contributed by atoms with Crippen LogP contribution in [-0.2, 0) is 11.2 Å². The molecule has 2 atom stereocenters. The van der Waals surface area contributed by atoms with E-state index in [4.69, 9.17) is 32.7 Å². The Morgan fingerprint density at radius 1 is 1.05 bits per heavy atom. The maximum absolute atomic E-state index is 13.4. The minimum absolute atomic E-state index is 0.175. The molecule has 5 rings (SSSR count). The van der Waals surface area contributed by atoms with Gasteiger partial charge >= 0.3 is 12.2 Å². The molecule has 1 aliphatic rings. The molecule has 4 aromatic rings. The Kier molecular flexibility index (Phi) is 7.49. The Labute approximate surface area is 230 Å². The average Bonchev–Trinajstić information content (AvgIpc) is 3.27. The molecule has 9 heteroatoms. The molecular formula is C29H27Cl2N3O4. The van der Waals surface area contributed by atoms with Crippen molar-refractivity contribution in [2.45, 2.75) is 38.8 Å². The lowest BCUT2D eigenvalue weighted by Crippen LogP contribution is -2.42. The number of ether oxygens (including phenoxy) is 2. The number of H-pyrrole nitrogens is 1. The van der Waals surface area contributed by atoms with E-state index < -0.39 is 18.2 Å². The van der Waals surface area contributed by atoms with E-state index in [0.29, 0.717) is 34.4 Å². The topological polar surface area (TPSA) is 83.7 Å². The highest BCUT2D eigenvalue weighted by atomic mass is 35.5. The van der Waals surface area contributed by atoms with Gasteiger partial charge in [-0.25, -0.2) is 9.59 Å². The Balaban J connectivity index is 1.47. The molecule has 2 amide bonds. The molecule has 0 radical (unpaired) electrons. The zero-order valence-corrected chi connectivity index (χ0v) is 22.5. The van der Waals surface area contributed by atoms with Gasteiger partial charge < -0.3 is 14.5 Å². The third kappa shape index (κ3) is 5.44. The molecule has 0 fully saturated rings. The minimum atomic E-state index is -0.507. The highest BCUT2D eigenvalue weighted by Crippen LogP contribution is 2.40. The summed E-state index contributed by atoms with van der Waals surface area (Å²) in [6.45, 7) is 4.24. The van der Waals surface area contributed by atoms with Crippen LogP contribution in [0.15, 0.2) is 66.7 Å². The lowest BCUT2D eigenvalue weighted by atomic mass is 9.92. The lowest BCUT2D eigenvalue weighted by Gasteiger charge is -2.35. The summed E-state index contributed by atoms with van der Waals surface area (Å²) in [5, 5.41) is 5.00. The molecule has 1 aliphatic heterocycles. The molecular weight excluding hydrogens is 525 g/mol. The molecule has 7 nitrogen and oxygen atoms in total. The van der Waals surface area contributed by atoms with Crippen molar-refractivity contribution in [3.63, 3.8) is 0 Å². The van der Waals surface area contributed by atoms with Crippen molar-refractivity contribution in [2.24, 2.45) is 0 Å². The SMILES string of the molecule is CCC(C)OC(=O)Nc1ccc(C2c3[nH]c4ccc(Cl)cc4c3CCN2C(=O)Oc2ccc(Cl)cc2)cc1. The molecule has 2 N–H and O–H groups in total. The molecule has 0 aliphatic carbocycles. The number of fused-ring (bicyclic) bond motifs is 3. The molecule has 1 aromatic heterocycles. The summed E-state index contributed by atoms with van der Waals surface area (Å²) >= 11 is 12.3. The van der Waals surface area contributed by atoms with Crippen molar-refractivity contribution in [1.82, 2.24) is 9.88 Å². The number of halogens is 2. The molecule has 0 spiro atoms. The van der Waals surface area contributed by atoms with Crippen LogP contribution < -0.4 is 10.1 Å². The smallest absolute Gasteiger partial charge is 0.416 e. The van der Waals surface area contributed by atoms with E-state index in [9.17, 15) is 9.59 Å². The van der Waals surface area contributed by atoms with Crippen LogP contribution in [0, 0.1) is 0 Å². The minimum Gasteiger partial charge on any atom is -0.446 e. The fourth-order valence-electron chi connectivity index (χ4n) is 4.63. The fourth-order valence-corrected chi connectivity index (χ4v) is 4.93. The molecule has 0 bridgehead atoms. The fraction of sp³-hybridized carbons (Fsp3) is 0.241. The van der Waals surface area contributed by atoms with E-state index >= 15 is 0 Å². The van der Waals surface area contributed by atoms with Crippen LogP contribution in [-0.4, -0.2) is 34.7 Å². The number of aromatic amines is 1. The number of hydrogen-bond donors (Lipinski definition) is 2. The van der Waals surface area contributed by atoms with Crippen LogP contribution in [0.2, 0.25) is 10.0 Å². The number of aromatic nitrogens is 1. The second-order valence-electron chi connectivity index (χ2n) is 9.25. The maximum Gasteiger partial charge on any atom is 0.416 e. The van der Waals surface area contributed by atoms with Crippen molar-refractivity contribution in [3.05, 3.63) is 93.6 Å². The zero-order chi connectivity index (χ0) is 26.8. The van der Waals surface area contributed by atoms with Gasteiger partial charge in [0.05, 0.1) is 0 Å². The Hall–Kier alpha value is -3.68. The van der Waals surface area contributed by atoms with E-state index in [-0.39, 0.29) is 6.10 Å². The van der Waals surface area contributed by atoms with Crippen LogP contribution in [0.25, 0.3) is 10.9 Å². The van der Waals surface area contributed by atoms with Gasteiger partial charge in [-0.2, -0.15) is 0 Å². The predicted molar refractivity (Wildman–Crippen MR) is 149 cm³/mol. The largest absolute Gasteiger partial charge is 0.446 e. The van der Waals surface area contributed by atoms with Crippen LogP contribution in [0.3, 0.4) is 0 Å². The van der Waals surface area contributed by atoms with Gasteiger partial charge in [-0.05, 0) is 85.5 Å². The Bertz CT molecular complexity index is 1470. The standard InChI is InChI=1S/C29H27Cl2N3O4/c1-3-17(2)37-28(35)32-21-9-4-18(5-10-21)27-26-23(24-16-20(31)8-13-25(24)33-26)14-15-34(27)29(36)38-22-11-6-19(30)7-12-22/h4-13,16-17,27,33H,3,14-15H2,1-2H3,(H,32,35). The van der Waals surface area contributed by atoms with Crippen molar-refractivity contribution in [2.75, 3.05) is 11.9 Å². The van der Waals surface area contributed by atoms with E-state index in [1.165, 1.54) is 0 Å². The van der Waals surface area contributed by atoms with Crippen LogP contribution in [0.4, 0.5) is 15.3 Å². The molecule has 3 aromatic carbocycles. The Morgan fingerprint density at radius 2 is 1.76 bits per heavy atom. The summed E-state index contributed by atoms with van der Waals surface area (Å²) in [5.41, 5.74) is 4.42. The number of nitrogens with zero attached hydrogens (tertiary/aromatic N) is 1. The van der Waals surface area contributed by atoms with E-state index in [0.717, 1.165) is 34.1 Å². The number of hydrogen-bond acceptors (Lipinski definition) is 4. The van der Waals surface area contributed by atoms with E-state index in [1.807, 2.05) is 44.2 Å². The van der Waals surface area contributed by atoms with Crippen LogP contribution in [0.1, 0.15) is 43.1 Å². The van der Waals surface area contributed by atoms with Gasteiger partial charge in [0.1, 0.15) is 17.9 Å². The number of rotatable bonds is 5. The summed E-state index contributed by atoms with van der Waals surface area (Å²) in [6.07, 6.45) is 0.217. The monoisotopic (exact) mass is 551 g/mol. The van der Waals surface area contributed by atoms with Crippen molar-refractivity contribution in [1.29, 1.82) is 0 Å². The van der Waals surface area contributed by atoms with Gasteiger partial charge in [0.2, 0.25) is 0 Å². The zero-order valence-electron chi connectivity index (χ0n) is 21.0. The summed E-state index contributed by atoms with van der Waals surface area (Å²) < 4.78 is 11.0. The number of nitrogens with one attached hydrogen (secondary N) is 2. The molecule has 2 heterocycles. The molecule has 38 heavy (non-hydrogen) atoms. The molecule has 0 saturated carbocycles. The Morgan fingerprint density at radius 3 is 2.47 bits per heavy atom. The van der Waals surface area contributed by atoms with Gasteiger partial charge in [0.15, 0.2) is 0 Å². The first kappa shape index (κ1) is 25.9. The van der Waals surface area contributed by atoms with E-state index in [1.54, 1.807) is 41.3 Å². The van der Waals surface area contributed by atoms with Crippen LogP contribution in [0.5, 0.6) is 5.75 Å². The number of anilines is 1. The van der Waals surface area contributed by atoms with E-state index in [2.05, 4.69) is 10.3 Å². The van der Waals surface area contributed by atoms with Gasteiger partial charge in [0.25, 0.3) is 0 Å². The summed E-state index contributed by atoms with van der Waals surface area (Å²) in [4.78, 5) is 30.8. The quantitative estimate of drug-likeness (QED) is 0.263. The molecule has 2 unspecified atom stereocenters. The number of amides is 2. The first-order valence-electron chi connectivity index (χ1n) is 12.4. The average molecular weight is 552 g/mol. The third-order valence-electron chi connectivity index (χ3n) is 6.70. The second-order valence-corrected chi connectivity index (χ2v) is 10.1. The predicted octanol–water partition coefficient (Wildman–Crippen LogP) is 7.97. The van der Waals surface area contributed by atoms with Gasteiger partial charge in [-0.3, -0.25) is 10.2 Å². The first-order chi connectivity index (χ1) is 18.3. The first-order valence-corrected chi connectivity index (χ1v) is 13.2. The molecule has 0 saturated heterocycles. The highest BCUT2D eigenvalue weighted by molar-refractivity contribution is 6.31. The summed E-state index contributed by atoms with van der Waals surface area (Å²) in [6, 6.07) is 19.3. The third-order valence-corrected chi connectivity index (χ3v) is 7.19. The lowest BCUT2D eigenvalue weighted by molar-refractivity contribution is 0.118. The summed E-state index contributed by atoms with van der Waals surface area (Å²) in [7, 11) is 0. The highest BCUT2D eigenvalue weighted by Gasteiger charge is 2.35. The van der Waals surface area contributed by atoms with Crippen molar-refractivity contribution >= 4 is 52.0 Å². The van der Waals surface area contributed by atoms with Crippen molar-refractivity contribution in [3.8, 4) is 5.75 Å². The second kappa shape index (κ2) is 11.0. The number of carbonyl (C=O) groups excluding carboxylic acids is 2. The van der Waals surface area contributed by atoms with Gasteiger partial charge in [-0.15, -0.1) is 0 Å². The summed E-state index contributed by atoms with van der Waals surface area (Å²) in [5.74, 6) is 0.409. The molecule has 196 valence electrons. The van der Waals surface area contributed by atoms with Crippen molar-refractivity contribution < 1.29 is 19.1 Å².